The van der Waals surface area contributed by atoms with Crippen molar-refractivity contribution in [2.75, 3.05) is 6.54 Å². The summed E-state index contributed by atoms with van der Waals surface area (Å²) in [7, 11) is -3.44. The Hall–Kier alpha value is -0.660. The highest BCUT2D eigenvalue weighted by Crippen LogP contribution is 1.91. The summed E-state index contributed by atoms with van der Waals surface area (Å²) in [6.07, 6.45) is 0.953. The second-order valence-electron chi connectivity index (χ2n) is 3.15. The van der Waals surface area contributed by atoms with E-state index in [1.807, 2.05) is 6.92 Å². The largest absolute Gasteiger partial charge is 0.388 e. The maximum Gasteiger partial charge on any atom is 0.277 e. The van der Waals surface area contributed by atoms with Crippen LogP contribution in [0.1, 0.15) is 26.7 Å². The van der Waals surface area contributed by atoms with Crippen molar-refractivity contribution >= 4 is 16.0 Å². The van der Waals surface area contributed by atoms with Crippen LogP contribution in [0, 0.1) is 5.41 Å². The Kier molecular flexibility index (Phi) is 5.66. The third-order valence-corrected chi connectivity index (χ3v) is 2.72. The molecule has 1 atom stereocenters. The van der Waals surface area contributed by atoms with Gasteiger partial charge in [0.15, 0.2) is 0 Å². The Morgan fingerprint density at radius 1 is 1.57 bits per heavy atom. The van der Waals surface area contributed by atoms with Gasteiger partial charge in [-0.15, -0.1) is 0 Å². The Morgan fingerprint density at radius 3 is 2.57 bits per heavy atom. The van der Waals surface area contributed by atoms with E-state index in [0.717, 1.165) is 6.42 Å². The maximum atomic E-state index is 11.2. The molecule has 1 unspecified atom stereocenters. The van der Waals surface area contributed by atoms with Crippen LogP contribution in [0.15, 0.2) is 0 Å². The number of rotatable bonds is 7. The van der Waals surface area contributed by atoms with E-state index in [-0.39, 0.29) is 18.3 Å². The summed E-state index contributed by atoms with van der Waals surface area (Å²) in [4.78, 5) is 0. The number of hydrogen-bond donors (Lipinski definition) is 4. The fourth-order valence-corrected chi connectivity index (χ4v) is 2.08. The lowest BCUT2D eigenvalue weighted by molar-refractivity contribution is 0.549. The first-order valence-electron chi connectivity index (χ1n) is 4.47. The average Bonchev–Trinajstić information content (AvgIpc) is 1.98. The van der Waals surface area contributed by atoms with Crippen molar-refractivity contribution in [3.8, 4) is 0 Å². The molecule has 0 spiro atoms. The Labute approximate surface area is 85.0 Å². The quantitative estimate of drug-likeness (QED) is 0.345. The molecule has 7 heteroatoms. The molecule has 0 saturated carbocycles. The van der Waals surface area contributed by atoms with Crippen molar-refractivity contribution in [3.63, 3.8) is 0 Å². The van der Waals surface area contributed by atoms with Gasteiger partial charge in [-0.2, -0.15) is 13.1 Å². The highest BCUT2D eigenvalue weighted by atomic mass is 32.2. The van der Waals surface area contributed by atoms with Crippen molar-refractivity contribution in [1.82, 2.24) is 9.44 Å². The van der Waals surface area contributed by atoms with E-state index in [2.05, 4.69) is 9.44 Å². The zero-order valence-electron chi connectivity index (χ0n) is 8.50. The molecule has 0 amide bonds. The molecule has 0 aliphatic heterocycles. The summed E-state index contributed by atoms with van der Waals surface area (Å²) < 4.78 is 27.2. The van der Waals surface area contributed by atoms with Crippen LogP contribution in [0.3, 0.4) is 0 Å². The zero-order valence-corrected chi connectivity index (χ0v) is 9.32. The first kappa shape index (κ1) is 13.3. The predicted octanol–water partition coefficient (Wildman–Crippen LogP) is -0.465. The van der Waals surface area contributed by atoms with Gasteiger partial charge in [-0.1, -0.05) is 6.92 Å². The summed E-state index contributed by atoms with van der Waals surface area (Å²) >= 11 is 0. The van der Waals surface area contributed by atoms with E-state index in [1.54, 1.807) is 6.92 Å². The molecule has 6 nitrogen and oxygen atoms in total. The number of nitrogens with one attached hydrogen (secondary N) is 3. The minimum Gasteiger partial charge on any atom is -0.388 e. The van der Waals surface area contributed by atoms with Crippen LogP contribution < -0.4 is 15.2 Å². The molecule has 0 heterocycles. The van der Waals surface area contributed by atoms with Crippen LogP contribution in [0.5, 0.6) is 0 Å². The fraction of sp³-hybridized carbons (Fsp3) is 0.857. The van der Waals surface area contributed by atoms with E-state index in [1.165, 1.54) is 0 Å². The van der Waals surface area contributed by atoms with Crippen LogP contribution in [0.4, 0.5) is 0 Å². The Balaban J connectivity index is 4.02. The van der Waals surface area contributed by atoms with Crippen LogP contribution in [0.2, 0.25) is 0 Å². The molecule has 0 fully saturated rings. The van der Waals surface area contributed by atoms with Crippen molar-refractivity contribution in [1.29, 1.82) is 5.41 Å². The maximum absolute atomic E-state index is 11.2. The molecule has 0 rings (SSSR count). The Bertz CT molecular complexity index is 275. The van der Waals surface area contributed by atoms with Gasteiger partial charge in [0.1, 0.15) is 0 Å². The van der Waals surface area contributed by atoms with Crippen LogP contribution in [0.25, 0.3) is 0 Å². The van der Waals surface area contributed by atoms with E-state index < -0.39 is 10.2 Å². The SMILES string of the molecule is CCCNS(=O)(=O)NC(C)CC(=N)N. The summed E-state index contributed by atoms with van der Waals surface area (Å²) in [5, 5.41) is 6.99. The number of nitrogens with two attached hydrogens (primary N) is 1. The molecule has 0 aliphatic carbocycles. The lowest BCUT2D eigenvalue weighted by atomic mass is 10.2. The number of amidine groups is 1. The molecule has 0 radical (unpaired) electrons. The van der Waals surface area contributed by atoms with Gasteiger partial charge >= 0.3 is 0 Å². The topological polar surface area (TPSA) is 108 Å². The normalized spacial score (nSPS) is 13.9. The van der Waals surface area contributed by atoms with E-state index in [9.17, 15) is 8.42 Å². The molecule has 84 valence electrons. The summed E-state index contributed by atoms with van der Waals surface area (Å²) in [6.45, 7) is 3.94. The summed E-state index contributed by atoms with van der Waals surface area (Å²) in [6, 6.07) is -0.359. The first-order chi connectivity index (χ1) is 6.37. The van der Waals surface area contributed by atoms with Crippen molar-refractivity contribution < 1.29 is 8.42 Å². The van der Waals surface area contributed by atoms with Gasteiger partial charge in [-0.25, -0.2) is 4.72 Å². The first-order valence-corrected chi connectivity index (χ1v) is 5.95. The summed E-state index contributed by atoms with van der Waals surface area (Å²) in [5.74, 6) is -0.0318. The van der Waals surface area contributed by atoms with E-state index in [0.29, 0.717) is 6.54 Å². The number of hydrogen-bond acceptors (Lipinski definition) is 3. The minimum absolute atomic E-state index is 0.0318. The van der Waals surface area contributed by atoms with Gasteiger partial charge < -0.3 is 5.73 Å². The van der Waals surface area contributed by atoms with Gasteiger partial charge in [0, 0.05) is 19.0 Å². The van der Waals surface area contributed by atoms with Crippen molar-refractivity contribution in [2.24, 2.45) is 5.73 Å². The van der Waals surface area contributed by atoms with E-state index in [4.69, 9.17) is 11.1 Å². The van der Waals surface area contributed by atoms with Crippen molar-refractivity contribution in [3.05, 3.63) is 0 Å². The van der Waals surface area contributed by atoms with Crippen LogP contribution >= 0.6 is 0 Å². The molecule has 0 bridgehead atoms. The smallest absolute Gasteiger partial charge is 0.277 e. The van der Waals surface area contributed by atoms with Gasteiger partial charge in [0.2, 0.25) is 0 Å². The molecule has 0 saturated heterocycles. The molecule has 0 aliphatic rings. The van der Waals surface area contributed by atoms with Gasteiger partial charge in [0.05, 0.1) is 5.84 Å². The lowest BCUT2D eigenvalue weighted by Gasteiger charge is -2.13. The molecule has 0 aromatic rings. The highest BCUT2D eigenvalue weighted by Gasteiger charge is 2.13. The lowest BCUT2D eigenvalue weighted by Crippen LogP contribution is -2.43. The van der Waals surface area contributed by atoms with E-state index >= 15 is 0 Å². The van der Waals surface area contributed by atoms with Gasteiger partial charge in [-0.3, -0.25) is 5.41 Å². The fourth-order valence-electron chi connectivity index (χ4n) is 0.914. The average molecular weight is 222 g/mol. The van der Waals surface area contributed by atoms with Crippen molar-refractivity contribution in [2.45, 2.75) is 32.7 Å². The molecule has 0 aromatic carbocycles. The molecular formula is C7H18N4O2S. The van der Waals surface area contributed by atoms with Gasteiger partial charge in [0.25, 0.3) is 10.2 Å². The second-order valence-corrected chi connectivity index (χ2v) is 4.68. The van der Waals surface area contributed by atoms with Crippen LogP contribution in [-0.4, -0.2) is 26.8 Å². The minimum atomic E-state index is -3.44. The third-order valence-electron chi connectivity index (χ3n) is 1.42. The zero-order chi connectivity index (χ0) is 11.2. The summed E-state index contributed by atoms with van der Waals surface area (Å²) in [5.41, 5.74) is 5.14. The monoisotopic (exact) mass is 222 g/mol. The predicted molar refractivity (Wildman–Crippen MR) is 56.3 cm³/mol. The standard InChI is InChI=1S/C7H18N4O2S/c1-3-4-10-14(12,13)11-6(2)5-7(8)9/h6,10-11H,3-5H2,1-2H3,(H3,8,9). The third kappa shape index (κ3) is 6.81. The Morgan fingerprint density at radius 2 is 2.14 bits per heavy atom. The molecular weight excluding hydrogens is 204 g/mol. The van der Waals surface area contributed by atoms with Gasteiger partial charge in [-0.05, 0) is 13.3 Å². The van der Waals surface area contributed by atoms with Crippen LogP contribution in [-0.2, 0) is 10.2 Å². The second kappa shape index (κ2) is 5.94. The molecule has 0 aromatic heterocycles. The highest BCUT2D eigenvalue weighted by molar-refractivity contribution is 7.87. The molecule has 14 heavy (non-hydrogen) atoms. The molecule has 5 N–H and O–H groups in total.